The maximum Gasteiger partial charge on any atom is 0.328 e. The molecule has 0 saturated heterocycles. The summed E-state index contributed by atoms with van der Waals surface area (Å²) in [5, 5.41) is 14.4. The molecule has 0 aliphatic heterocycles. The molecule has 0 spiro atoms. The second kappa shape index (κ2) is 10.2. The van der Waals surface area contributed by atoms with Crippen LogP contribution < -0.4 is 5.69 Å². The van der Waals surface area contributed by atoms with E-state index in [-0.39, 0.29) is 29.4 Å². The zero-order valence-electron chi connectivity index (χ0n) is 21.8. The van der Waals surface area contributed by atoms with Gasteiger partial charge in [-0.2, -0.15) is 5.21 Å². The number of pyridine rings is 1. The summed E-state index contributed by atoms with van der Waals surface area (Å²) in [6.45, 7) is 8.49. The Hall–Kier alpha value is -3.88. The summed E-state index contributed by atoms with van der Waals surface area (Å²) in [5.41, 5.74) is 4.45. The first-order valence-electron chi connectivity index (χ1n) is 13.0. The minimum Gasteiger partial charge on any atom is -0.300 e. The minimum absolute atomic E-state index is 0.0444. The lowest BCUT2D eigenvalue weighted by atomic mass is 10.0. The van der Waals surface area contributed by atoms with E-state index in [1.807, 2.05) is 57.9 Å². The Morgan fingerprint density at radius 3 is 2.51 bits per heavy atom. The smallest absolute Gasteiger partial charge is 0.300 e. The average molecular weight is 500 g/mol. The number of hydrogen-bond donors (Lipinski definition) is 1. The van der Waals surface area contributed by atoms with E-state index in [4.69, 9.17) is 4.98 Å². The van der Waals surface area contributed by atoms with Crippen molar-refractivity contribution in [2.24, 2.45) is 17.8 Å². The predicted octanol–water partition coefficient (Wildman–Crippen LogP) is 4.31. The number of tetrazole rings is 1. The summed E-state index contributed by atoms with van der Waals surface area (Å²) in [7, 11) is 0. The lowest BCUT2D eigenvalue weighted by Crippen LogP contribution is -2.26. The third kappa shape index (κ3) is 4.77. The maximum absolute atomic E-state index is 13.6. The van der Waals surface area contributed by atoms with E-state index in [0.29, 0.717) is 18.3 Å². The van der Waals surface area contributed by atoms with Crippen LogP contribution in [0.1, 0.15) is 57.8 Å². The van der Waals surface area contributed by atoms with Gasteiger partial charge >= 0.3 is 5.69 Å². The van der Waals surface area contributed by atoms with Crippen LogP contribution in [0.2, 0.25) is 0 Å². The number of nitrogens with zero attached hydrogens (tertiary/aromatic N) is 6. The van der Waals surface area contributed by atoms with Crippen molar-refractivity contribution in [1.29, 1.82) is 0 Å². The first-order chi connectivity index (χ1) is 17.9. The number of unbranched alkanes of at least 4 members (excludes halogenated alkanes) is 1. The summed E-state index contributed by atoms with van der Waals surface area (Å²) in [6, 6.07) is 11.7. The molecule has 3 atom stereocenters. The highest BCUT2D eigenvalue weighted by Crippen LogP contribution is 2.54. The number of H-pyrrole nitrogens is 1. The SMILES string of the molecule is CCCCc1cn(C2C(C(C)=O)C2C(C)C)c(=O)n1Cc1ccc(-c2ccccc2-c2nn[nH]n2)nc1. The highest BCUT2D eigenvalue weighted by atomic mass is 16.2. The van der Waals surface area contributed by atoms with E-state index < -0.39 is 0 Å². The first kappa shape index (κ1) is 24.8. The third-order valence-corrected chi connectivity index (χ3v) is 7.42. The van der Waals surface area contributed by atoms with E-state index in [9.17, 15) is 9.59 Å². The van der Waals surface area contributed by atoms with Gasteiger partial charge in [-0.15, -0.1) is 10.2 Å². The molecule has 0 amide bonds. The van der Waals surface area contributed by atoms with Crippen LogP contribution in [-0.2, 0) is 17.8 Å². The second-order valence-corrected chi connectivity index (χ2v) is 10.3. The molecule has 5 rings (SSSR count). The van der Waals surface area contributed by atoms with E-state index in [0.717, 1.165) is 47.3 Å². The zero-order chi connectivity index (χ0) is 26.1. The van der Waals surface area contributed by atoms with Crippen molar-refractivity contribution in [1.82, 2.24) is 34.7 Å². The maximum atomic E-state index is 13.6. The van der Waals surface area contributed by atoms with Gasteiger partial charge in [0.25, 0.3) is 0 Å². The van der Waals surface area contributed by atoms with E-state index in [1.165, 1.54) is 0 Å². The Labute approximate surface area is 216 Å². The molecule has 3 unspecified atom stereocenters. The van der Waals surface area contributed by atoms with Crippen LogP contribution in [0.25, 0.3) is 22.6 Å². The van der Waals surface area contributed by atoms with Crippen LogP contribution in [0, 0.1) is 17.8 Å². The molecular formula is C28H33N7O2. The first-order valence-corrected chi connectivity index (χ1v) is 13.0. The van der Waals surface area contributed by atoms with Crippen molar-refractivity contribution < 1.29 is 4.79 Å². The number of imidazole rings is 1. The minimum atomic E-state index is -0.0761. The third-order valence-electron chi connectivity index (χ3n) is 7.42. The molecule has 0 radical (unpaired) electrons. The van der Waals surface area contributed by atoms with Crippen molar-refractivity contribution in [3.8, 4) is 22.6 Å². The van der Waals surface area contributed by atoms with Gasteiger partial charge in [-0.1, -0.05) is 57.5 Å². The van der Waals surface area contributed by atoms with E-state index in [2.05, 4.69) is 41.4 Å². The molecule has 37 heavy (non-hydrogen) atoms. The van der Waals surface area contributed by atoms with Crippen LogP contribution in [0.3, 0.4) is 0 Å². The van der Waals surface area contributed by atoms with Crippen molar-refractivity contribution >= 4 is 5.78 Å². The fraction of sp³-hybridized carbons (Fsp3) is 0.429. The number of aromatic nitrogens is 7. The molecule has 4 aromatic rings. The number of aryl methyl sites for hydroxylation is 1. The molecule has 3 heterocycles. The predicted molar refractivity (Wildman–Crippen MR) is 141 cm³/mol. The van der Waals surface area contributed by atoms with E-state index in [1.54, 1.807) is 6.92 Å². The zero-order valence-corrected chi connectivity index (χ0v) is 21.8. The van der Waals surface area contributed by atoms with Gasteiger partial charge in [0.05, 0.1) is 18.3 Å². The van der Waals surface area contributed by atoms with Crippen molar-refractivity contribution in [3.05, 3.63) is 70.5 Å². The van der Waals surface area contributed by atoms with Gasteiger partial charge in [-0.05, 0) is 48.4 Å². The molecule has 1 aliphatic rings. The van der Waals surface area contributed by atoms with Crippen molar-refractivity contribution in [2.45, 2.75) is 59.5 Å². The van der Waals surface area contributed by atoms with Gasteiger partial charge in [0.1, 0.15) is 5.78 Å². The largest absolute Gasteiger partial charge is 0.328 e. The number of hydrogen-bond acceptors (Lipinski definition) is 6. The fourth-order valence-corrected chi connectivity index (χ4v) is 5.52. The molecule has 1 fully saturated rings. The number of carbonyl (C=O) groups is 1. The van der Waals surface area contributed by atoms with Gasteiger partial charge in [0, 0.05) is 35.1 Å². The molecular weight excluding hydrogens is 466 g/mol. The Morgan fingerprint density at radius 2 is 1.92 bits per heavy atom. The van der Waals surface area contributed by atoms with E-state index >= 15 is 0 Å². The highest BCUT2D eigenvalue weighted by Gasteiger charge is 2.56. The summed E-state index contributed by atoms with van der Waals surface area (Å²) < 4.78 is 3.68. The quantitative estimate of drug-likeness (QED) is 0.348. The molecule has 3 aromatic heterocycles. The molecule has 1 aliphatic carbocycles. The standard InChI is InChI=1S/C28H33N7O2/c1-5-6-9-20-16-35(26-24(17(2)3)25(26)18(4)36)28(37)34(20)15-19-12-13-23(29-14-19)21-10-7-8-11-22(21)27-30-32-33-31-27/h7-8,10-14,16-17,24-26H,5-6,9,15H2,1-4H3,(H,30,31,32,33). The monoisotopic (exact) mass is 499 g/mol. The van der Waals surface area contributed by atoms with Crippen LogP contribution in [0.4, 0.5) is 0 Å². The number of carbonyl (C=O) groups excluding carboxylic acids is 1. The Morgan fingerprint density at radius 1 is 1.14 bits per heavy atom. The second-order valence-electron chi connectivity index (χ2n) is 10.3. The lowest BCUT2D eigenvalue weighted by molar-refractivity contribution is -0.118. The summed E-state index contributed by atoms with van der Waals surface area (Å²) in [6.07, 6.45) is 6.68. The number of Topliss-reactive ketones (excluding diaryl/α,β-unsaturated/α-hetero) is 1. The van der Waals surface area contributed by atoms with Crippen LogP contribution >= 0.6 is 0 Å². The number of benzene rings is 1. The number of aromatic amines is 1. The summed E-state index contributed by atoms with van der Waals surface area (Å²) in [5.74, 6) is 1.16. The molecule has 1 N–H and O–H groups in total. The van der Waals surface area contributed by atoms with Crippen LogP contribution in [0.5, 0.6) is 0 Å². The van der Waals surface area contributed by atoms with Gasteiger partial charge in [0.15, 0.2) is 0 Å². The molecule has 9 nitrogen and oxygen atoms in total. The Bertz CT molecular complexity index is 1430. The van der Waals surface area contributed by atoms with Gasteiger partial charge in [-0.25, -0.2) is 4.79 Å². The molecule has 192 valence electrons. The average Bonchev–Trinajstić information content (AvgIpc) is 3.26. The summed E-state index contributed by atoms with van der Waals surface area (Å²) >= 11 is 0. The Balaban J connectivity index is 1.44. The fourth-order valence-electron chi connectivity index (χ4n) is 5.52. The van der Waals surface area contributed by atoms with Crippen LogP contribution in [0.15, 0.2) is 53.6 Å². The van der Waals surface area contributed by atoms with Crippen LogP contribution in [-0.4, -0.2) is 40.5 Å². The van der Waals surface area contributed by atoms with Gasteiger partial charge in [0.2, 0.25) is 5.82 Å². The summed E-state index contributed by atoms with van der Waals surface area (Å²) in [4.78, 5) is 30.6. The Kier molecular flexibility index (Phi) is 6.86. The highest BCUT2D eigenvalue weighted by molar-refractivity contribution is 5.82. The van der Waals surface area contributed by atoms with Gasteiger partial charge in [-0.3, -0.25) is 18.9 Å². The topological polar surface area (TPSA) is 111 Å². The van der Waals surface area contributed by atoms with Crippen molar-refractivity contribution in [2.75, 3.05) is 0 Å². The lowest BCUT2D eigenvalue weighted by Gasteiger charge is -2.09. The molecule has 0 bridgehead atoms. The number of rotatable bonds is 10. The molecule has 9 heteroatoms. The van der Waals surface area contributed by atoms with Gasteiger partial charge < -0.3 is 0 Å². The number of ketones is 1. The van der Waals surface area contributed by atoms with Crippen molar-refractivity contribution in [3.63, 3.8) is 0 Å². The molecule has 1 aromatic carbocycles. The normalized spacial score (nSPS) is 18.9. The number of nitrogens with one attached hydrogen (secondary N) is 1. The molecule has 1 saturated carbocycles.